The largest absolute Gasteiger partial charge is 0.481 e. The third-order valence-electron chi connectivity index (χ3n) is 4.25. The summed E-state index contributed by atoms with van der Waals surface area (Å²) < 4.78 is 40.5. The Bertz CT molecular complexity index is 857. The van der Waals surface area contributed by atoms with E-state index in [2.05, 4.69) is 9.71 Å². The Morgan fingerprint density at radius 3 is 2.44 bits per heavy atom. The molecule has 0 atom stereocenters. The summed E-state index contributed by atoms with van der Waals surface area (Å²) in [5.74, 6) is -1.60. The Morgan fingerprint density at radius 1 is 1.20 bits per heavy atom. The third-order valence-corrected chi connectivity index (χ3v) is 6.69. The van der Waals surface area contributed by atoms with Crippen molar-refractivity contribution in [1.29, 1.82) is 0 Å². The number of aromatic nitrogens is 1. The summed E-state index contributed by atoms with van der Waals surface area (Å²) in [5, 5.41) is 10.9. The number of hydrogen-bond donors (Lipinski definition) is 2. The second kappa shape index (κ2) is 7.19. The summed E-state index contributed by atoms with van der Waals surface area (Å²) in [7, 11) is -3.77. The van der Waals surface area contributed by atoms with Gasteiger partial charge in [-0.05, 0) is 49.9 Å². The number of sulfonamides is 1. The molecule has 1 aliphatic rings. The lowest BCUT2D eigenvalue weighted by Gasteiger charge is -2.26. The number of thiazole rings is 1. The van der Waals surface area contributed by atoms with Crippen LogP contribution in [0.3, 0.4) is 0 Å². The molecule has 3 rings (SSSR count). The number of benzene rings is 1. The predicted octanol–water partition coefficient (Wildman–Crippen LogP) is 2.87. The van der Waals surface area contributed by atoms with Crippen LogP contribution in [0.5, 0.6) is 0 Å². The molecule has 1 aromatic carbocycles. The first-order chi connectivity index (χ1) is 11.8. The Balaban J connectivity index is 1.69. The number of halogens is 1. The van der Waals surface area contributed by atoms with Crippen LogP contribution >= 0.6 is 11.3 Å². The van der Waals surface area contributed by atoms with Gasteiger partial charge < -0.3 is 5.11 Å². The van der Waals surface area contributed by atoms with Crippen molar-refractivity contribution in [2.45, 2.75) is 36.8 Å². The minimum Gasteiger partial charge on any atom is -0.481 e. The van der Waals surface area contributed by atoms with Crippen LogP contribution in [-0.2, 0) is 14.8 Å². The van der Waals surface area contributed by atoms with E-state index in [1.54, 1.807) is 12.1 Å². The van der Waals surface area contributed by atoms with Gasteiger partial charge in [-0.2, -0.15) is 0 Å². The van der Waals surface area contributed by atoms with Crippen LogP contribution in [0.1, 0.15) is 25.7 Å². The summed E-state index contributed by atoms with van der Waals surface area (Å²) in [6.45, 7) is 0. The van der Waals surface area contributed by atoms with E-state index in [0.717, 1.165) is 0 Å². The van der Waals surface area contributed by atoms with Crippen molar-refractivity contribution in [2.75, 3.05) is 0 Å². The second-order valence-electron chi connectivity index (χ2n) is 6.01. The predicted molar refractivity (Wildman–Crippen MR) is 91.2 cm³/mol. The van der Waals surface area contributed by atoms with Crippen molar-refractivity contribution >= 4 is 27.3 Å². The molecular formula is C16H17FN2O4S2. The lowest BCUT2D eigenvalue weighted by atomic mass is 9.87. The van der Waals surface area contributed by atoms with Crippen LogP contribution in [0.4, 0.5) is 4.39 Å². The molecular weight excluding hydrogens is 367 g/mol. The second-order valence-corrected chi connectivity index (χ2v) is 8.52. The SMILES string of the molecule is O=C(O)[C@H]1CC[C@@H](NS(=O)(=O)c2csc(-c3ccc(F)cc3)n2)CC1. The van der Waals surface area contributed by atoms with E-state index >= 15 is 0 Å². The van der Waals surface area contributed by atoms with E-state index in [9.17, 15) is 17.6 Å². The smallest absolute Gasteiger partial charge is 0.306 e. The first-order valence-corrected chi connectivity index (χ1v) is 10.2. The lowest BCUT2D eigenvalue weighted by Crippen LogP contribution is -2.38. The van der Waals surface area contributed by atoms with Crippen LogP contribution in [0.25, 0.3) is 10.6 Å². The molecule has 0 bridgehead atoms. The molecule has 2 aromatic rings. The Hall–Kier alpha value is -1.84. The summed E-state index contributed by atoms with van der Waals surface area (Å²) in [6, 6.07) is 5.40. The molecule has 1 fully saturated rings. The molecule has 2 N–H and O–H groups in total. The quantitative estimate of drug-likeness (QED) is 0.826. The highest BCUT2D eigenvalue weighted by Crippen LogP contribution is 2.28. The van der Waals surface area contributed by atoms with E-state index in [1.165, 1.54) is 28.8 Å². The first-order valence-electron chi connectivity index (χ1n) is 7.82. The van der Waals surface area contributed by atoms with Crippen LogP contribution in [0.2, 0.25) is 0 Å². The van der Waals surface area contributed by atoms with E-state index in [0.29, 0.717) is 36.3 Å². The maximum absolute atomic E-state index is 13.0. The Labute approximate surface area is 148 Å². The first kappa shape index (κ1) is 18.0. The fraction of sp³-hybridized carbons (Fsp3) is 0.375. The topological polar surface area (TPSA) is 96.4 Å². The fourth-order valence-electron chi connectivity index (χ4n) is 2.85. The van der Waals surface area contributed by atoms with Crippen LogP contribution in [0.15, 0.2) is 34.7 Å². The number of hydrogen-bond acceptors (Lipinski definition) is 5. The number of nitrogens with zero attached hydrogens (tertiary/aromatic N) is 1. The summed E-state index contributed by atoms with van der Waals surface area (Å²) in [4.78, 5) is 15.1. The molecule has 1 heterocycles. The van der Waals surface area contributed by atoms with Gasteiger partial charge in [0.05, 0.1) is 5.92 Å². The summed E-state index contributed by atoms with van der Waals surface area (Å²) in [6.07, 6.45) is 1.90. The van der Waals surface area contributed by atoms with E-state index in [1.807, 2.05) is 0 Å². The number of aliphatic carboxylic acids is 1. The average Bonchev–Trinajstić information content (AvgIpc) is 3.06. The van der Waals surface area contributed by atoms with Gasteiger partial charge in [0, 0.05) is 17.0 Å². The van der Waals surface area contributed by atoms with Gasteiger partial charge in [-0.25, -0.2) is 22.5 Å². The standard InChI is InChI=1S/C16H17FN2O4S2/c17-12-5-1-10(2-6-12)15-18-14(9-24-15)25(22,23)19-13-7-3-11(4-8-13)16(20)21/h1-2,5-6,9,11,13,19H,3-4,7-8H2,(H,20,21)/t11-,13+. The Kier molecular flexibility index (Phi) is 5.16. The average molecular weight is 384 g/mol. The van der Waals surface area contributed by atoms with E-state index < -0.39 is 21.9 Å². The lowest BCUT2D eigenvalue weighted by molar-refractivity contribution is -0.142. The molecule has 0 unspecified atom stereocenters. The van der Waals surface area contributed by atoms with E-state index in [4.69, 9.17) is 5.11 Å². The minimum absolute atomic E-state index is 0.0721. The third kappa shape index (κ3) is 4.23. The highest BCUT2D eigenvalue weighted by Gasteiger charge is 2.29. The number of carboxylic acid groups (broad SMARTS) is 1. The van der Waals surface area contributed by atoms with Crippen LogP contribution in [-0.4, -0.2) is 30.5 Å². The number of carboxylic acids is 1. The molecule has 9 heteroatoms. The maximum atomic E-state index is 13.0. The molecule has 1 aliphatic carbocycles. The molecule has 0 radical (unpaired) electrons. The van der Waals surface area contributed by atoms with Crippen molar-refractivity contribution in [3.05, 3.63) is 35.5 Å². The van der Waals surface area contributed by atoms with Crippen LogP contribution in [0, 0.1) is 11.7 Å². The molecule has 0 spiro atoms. The molecule has 25 heavy (non-hydrogen) atoms. The highest BCUT2D eigenvalue weighted by molar-refractivity contribution is 7.89. The zero-order valence-electron chi connectivity index (χ0n) is 13.2. The molecule has 0 aliphatic heterocycles. The van der Waals surface area contributed by atoms with Crippen LogP contribution < -0.4 is 4.72 Å². The highest BCUT2D eigenvalue weighted by atomic mass is 32.2. The normalized spacial score (nSPS) is 21.2. The van der Waals surface area contributed by atoms with Gasteiger partial charge in [-0.15, -0.1) is 11.3 Å². The molecule has 1 saturated carbocycles. The fourth-order valence-corrected chi connectivity index (χ4v) is 5.25. The van der Waals surface area contributed by atoms with Crippen molar-refractivity contribution < 1.29 is 22.7 Å². The summed E-state index contributed by atoms with van der Waals surface area (Å²) >= 11 is 1.17. The van der Waals surface area contributed by atoms with Gasteiger partial charge >= 0.3 is 5.97 Å². The molecule has 134 valence electrons. The number of carbonyl (C=O) groups is 1. The minimum atomic E-state index is -3.77. The zero-order chi connectivity index (χ0) is 18.0. The molecule has 1 aromatic heterocycles. The van der Waals surface area contributed by atoms with E-state index in [-0.39, 0.29) is 16.9 Å². The van der Waals surface area contributed by atoms with Gasteiger partial charge in [0.1, 0.15) is 10.8 Å². The van der Waals surface area contributed by atoms with Crippen molar-refractivity contribution in [1.82, 2.24) is 9.71 Å². The Morgan fingerprint density at radius 2 is 1.84 bits per heavy atom. The zero-order valence-corrected chi connectivity index (χ0v) is 14.8. The maximum Gasteiger partial charge on any atom is 0.306 e. The van der Waals surface area contributed by atoms with Crippen molar-refractivity contribution in [3.8, 4) is 10.6 Å². The monoisotopic (exact) mass is 384 g/mol. The van der Waals surface area contributed by atoms with Gasteiger partial charge in [-0.3, -0.25) is 4.79 Å². The number of nitrogens with one attached hydrogen (secondary N) is 1. The van der Waals surface area contributed by atoms with Crippen molar-refractivity contribution in [3.63, 3.8) is 0 Å². The van der Waals surface area contributed by atoms with Gasteiger partial charge in [0.15, 0.2) is 5.03 Å². The van der Waals surface area contributed by atoms with Gasteiger partial charge in [0.2, 0.25) is 0 Å². The molecule has 0 amide bonds. The van der Waals surface area contributed by atoms with Gasteiger partial charge in [-0.1, -0.05) is 0 Å². The number of rotatable bonds is 5. The van der Waals surface area contributed by atoms with Crippen molar-refractivity contribution in [2.24, 2.45) is 5.92 Å². The summed E-state index contributed by atoms with van der Waals surface area (Å²) in [5.41, 5.74) is 0.648. The molecule has 6 nitrogen and oxygen atoms in total. The van der Waals surface area contributed by atoms with Gasteiger partial charge in [0.25, 0.3) is 10.0 Å². The molecule has 0 saturated heterocycles.